The van der Waals surface area contributed by atoms with E-state index in [2.05, 4.69) is 55.5 Å². The summed E-state index contributed by atoms with van der Waals surface area (Å²) in [6.45, 7) is 38.3. The molecule has 6 rings (SSSR count). The highest BCUT2D eigenvalue weighted by atomic mass is 16.6. The summed E-state index contributed by atoms with van der Waals surface area (Å²) in [6, 6.07) is 15.8. The van der Waals surface area contributed by atoms with Crippen molar-refractivity contribution >= 4 is 23.9 Å². The van der Waals surface area contributed by atoms with Gasteiger partial charge in [-0.1, -0.05) is 63.8 Å². The van der Waals surface area contributed by atoms with Gasteiger partial charge < -0.3 is 38.9 Å². The monoisotopic (exact) mass is 1080 g/mol. The Hall–Kier alpha value is -7.88. The zero-order chi connectivity index (χ0) is 59.4. The predicted octanol–water partition coefficient (Wildman–Crippen LogP) is 14.1. The standard InChI is InChI=1S/C68H82N4O8/c1-21-47-39(5)53(69-57(47)61(73)77-65(9,10)11)51(54-40(6)48(22-2)58(70-54)62(74)78-66(12,13)14)45-35-31-43(32-36-45)29-27-25-26-28-30-44-33-37-46(38-34-44)52(55-41(7)49(23-3)59(71-55)63(75)79-67(15,16)17)56-42(8)50(24-4)60(72-56)64(76)80-68(18,19)20/h31-38,51-52,69-72H,21-24H2,1-20H3. The minimum absolute atomic E-state index is 0.413. The van der Waals surface area contributed by atoms with Crippen molar-refractivity contribution in [2.45, 2.75) is 198 Å². The number of nitrogens with one attached hydrogen (secondary N) is 4. The van der Waals surface area contributed by atoms with Gasteiger partial charge in [-0.2, -0.15) is 0 Å². The second kappa shape index (κ2) is 24.2. The fourth-order valence-corrected chi connectivity index (χ4v) is 10.3. The van der Waals surface area contributed by atoms with Crippen LogP contribution in [0.15, 0.2) is 48.5 Å². The van der Waals surface area contributed by atoms with Crippen molar-refractivity contribution in [3.63, 3.8) is 0 Å². The molecular weight excluding hydrogens is 1000 g/mol. The average Bonchev–Trinajstić information content (AvgIpc) is 4.31. The Morgan fingerprint density at radius 3 is 0.775 bits per heavy atom. The molecule has 0 radical (unpaired) electrons. The molecule has 6 aromatic rings. The molecule has 80 heavy (non-hydrogen) atoms. The molecule has 0 bridgehead atoms. The fourth-order valence-electron chi connectivity index (χ4n) is 10.3. The van der Waals surface area contributed by atoms with E-state index in [4.69, 9.17) is 18.9 Å². The molecule has 12 nitrogen and oxygen atoms in total. The summed E-state index contributed by atoms with van der Waals surface area (Å²) in [7, 11) is 0. The molecule has 0 fully saturated rings. The summed E-state index contributed by atoms with van der Waals surface area (Å²) in [4.78, 5) is 68.6. The second-order valence-corrected chi connectivity index (χ2v) is 24.4. The minimum Gasteiger partial charge on any atom is -0.455 e. The van der Waals surface area contributed by atoms with E-state index in [0.29, 0.717) is 48.5 Å². The summed E-state index contributed by atoms with van der Waals surface area (Å²) in [5.41, 5.74) is 12.7. The molecule has 4 heterocycles. The summed E-state index contributed by atoms with van der Waals surface area (Å²) >= 11 is 0. The number of hydrogen-bond acceptors (Lipinski definition) is 8. The summed E-state index contributed by atoms with van der Waals surface area (Å²) in [5.74, 6) is 15.4. The summed E-state index contributed by atoms with van der Waals surface area (Å²) in [5, 5.41) is 0. The maximum Gasteiger partial charge on any atom is 0.355 e. The number of hydrogen-bond donors (Lipinski definition) is 4. The predicted molar refractivity (Wildman–Crippen MR) is 317 cm³/mol. The van der Waals surface area contributed by atoms with E-state index < -0.39 is 58.1 Å². The van der Waals surface area contributed by atoms with Crippen LogP contribution in [0.25, 0.3) is 0 Å². The van der Waals surface area contributed by atoms with Crippen LogP contribution in [0.2, 0.25) is 0 Å². The molecule has 0 spiro atoms. The molecule has 0 atom stereocenters. The van der Waals surface area contributed by atoms with Gasteiger partial charge in [-0.15, -0.1) is 0 Å². The number of carbonyl (C=O) groups is 4. The number of H-pyrrole nitrogens is 4. The van der Waals surface area contributed by atoms with Crippen LogP contribution >= 0.6 is 0 Å². The lowest BCUT2D eigenvalue weighted by Crippen LogP contribution is -2.25. The molecule has 0 aliphatic heterocycles. The number of aromatic nitrogens is 4. The van der Waals surface area contributed by atoms with Crippen molar-refractivity contribution in [2.24, 2.45) is 0 Å². The van der Waals surface area contributed by atoms with Crippen LogP contribution in [0.4, 0.5) is 0 Å². The second-order valence-electron chi connectivity index (χ2n) is 24.4. The normalized spacial score (nSPS) is 11.8. The Morgan fingerprint density at radius 1 is 0.375 bits per heavy atom. The first-order valence-electron chi connectivity index (χ1n) is 27.8. The number of aromatic amines is 4. The maximum atomic E-state index is 13.7. The van der Waals surface area contributed by atoms with Crippen LogP contribution in [-0.4, -0.2) is 66.2 Å². The van der Waals surface area contributed by atoms with Crippen molar-refractivity contribution < 1.29 is 38.1 Å². The van der Waals surface area contributed by atoms with Gasteiger partial charge in [0.2, 0.25) is 0 Å². The van der Waals surface area contributed by atoms with Gasteiger partial charge in [0.1, 0.15) is 45.2 Å². The van der Waals surface area contributed by atoms with Gasteiger partial charge in [0.05, 0.1) is 11.8 Å². The molecule has 12 heteroatoms. The first-order chi connectivity index (χ1) is 37.3. The lowest BCUT2D eigenvalue weighted by molar-refractivity contribution is 0.00496. The Bertz CT molecular complexity index is 3100. The first-order valence-corrected chi connectivity index (χ1v) is 27.8. The SMILES string of the molecule is CCc1c(C(=O)OC(C)(C)C)[nH]c(C(c2ccc(C#CC#CC#Cc3ccc(C(c4[nH]c(C(=O)OC(C)(C)C)c(CC)c4C)c4[nH]c(C(=O)OC(C)(C)C)c(CC)c4C)cc3)cc2)c2[nH]c(C(=O)OC(C)(C)C)c(CC)c2C)c1C. The van der Waals surface area contributed by atoms with Crippen LogP contribution in [-0.2, 0) is 44.6 Å². The molecule has 0 amide bonds. The zero-order valence-electron chi connectivity index (χ0n) is 50.9. The van der Waals surface area contributed by atoms with Crippen LogP contribution in [0.1, 0.15) is 254 Å². The third-order valence-corrected chi connectivity index (χ3v) is 13.7. The molecule has 4 aromatic heterocycles. The van der Waals surface area contributed by atoms with E-state index in [9.17, 15) is 19.2 Å². The van der Waals surface area contributed by atoms with E-state index in [1.165, 1.54) is 0 Å². The van der Waals surface area contributed by atoms with Crippen LogP contribution in [0.5, 0.6) is 0 Å². The highest BCUT2D eigenvalue weighted by Gasteiger charge is 2.35. The molecule has 422 valence electrons. The third-order valence-electron chi connectivity index (χ3n) is 13.7. The molecule has 4 N–H and O–H groups in total. The van der Waals surface area contributed by atoms with Gasteiger partial charge in [0.15, 0.2) is 0 Å². The summed E-state index contributed by atoms with van der Waals surface area (Å²) < 4.78 is 23.4. The van der Waals surface area contributed by atoms with Crippen molar-refractivity contribution in [1.82, 2.24) is 19.9 Å². The van der Waals surface area contributed by atoms with Crippen molar-refractivity contribution in [1.29, 1.82) is 0 Å². The third kappa shape index (κ3) is 14.3. The van der Waals surface area contributed by atoms with Crippen molar-refractivity contribution in [3.8, 4) is 35.5 Å². The average molecular weight is 1080 g/mol. The molecule has 0 saturated heterocycles. The molecule has 0 aliphatic carbocycles. The van der Waals surface area contributed by atoms with Crippen molar-refractivity contribution in [2.75, 3.05) is 0 Å². The zero-order valence-corrected chi connectivity index (χ0v) is 50.9. The molecular formula is C68H82N4O8. The maximum absolute atomic E-state index is 13.7. The van der Waals surface area contributed by atoms with Crippen LogP contribution in [0.3, 0.4) is 0 Å². The van der Waals surface area contributed by atoms with Gasteiger partial charge >= 0.3 is 23.9 Å². The van der Waals surface area contributed by atoms with Gasteiger partial charge in [0, 0.05) is 33.9 Å². The topological polar surface area (TPSA) is 168 Å². The van der Waals surface area contributed by atoms with Gasteiger partial charge in [-0.05, 0) is 240 Å². The van der Waals surface area contributed by atoms with E-state index in [0.717, 1.165) is 89.5 Å². The quantitative estimate of drug-likeness (QED) is 0.0475. The van der Waals surface area contributed by atoms with E-state index in [1.807, 2.05) is 187 Å². The Morgan fingerprint density at radius 2 is 0.588 bits per heavy atom. The molecule has 2 aromatic carbocycles. The Balaban J connectivity index is 1.33. The number of ether oxygens (including phenoxy) is 4. The minimum atomic E-state index is -0.691. The Kier molecular flexibility index (Phi) is 18.6. The van der Waals surface area contributed by atoms with E-state index >= 15 is 0 Å². The Labute approximate surface area is 474 Å². The van der Waals surface area contributed by atoms with Gasteiger partial charge in [-0.3, -0.25) is 0 Å². The van der Waals surface area contributed by atoms with E-state index in [1.54, 1.807) is 0 Å². The fraction of sp³-hybridized carbons (Fsp3) is 0.441. The van der Waals surface area contributed by atoms with Crippen LogP contribution in [0, 0.1) is 63.2 Å². The lowest BCUT2D eigenvalue weighted by atomic mass is 9.87. The van der Waals surface area contributed by atoms with Gasteiger partial charge in [0.25, 0.3) is 0 Å². The smallest absolute Gasteiger partial charge is 0.355 e. The van der Waals surface area contributed by atoms with Crippen LogP contribution < -0.4 is 0 Å². The number of carbonyl (C=O) groups excluding carboxylic acids is 4. The van der Waals surface area contributed by atoms with Crippen molar-refractivity contribution in [3.05, 3.63) is 161 Å². The number of esters is 4. The highest BCUT2D eigenvalue weighted by Crippen LogP contribution is 2.41. The van der Waals surface area contributed by atoms with Gasteiger partial charge in [-0.25, -0.2) is 19.2 Å². The molecule has 0 unspecified atom stereocenters. The first kappa shape index (κ1) is 61.3. The van der Waals surface area contributed by atoms with E-state index in [-0.39, 0.29) is 0 Å². The molecule has 0 saturated carbocycles. The largest absolute Gasteiger partial charge is 0.455 e. The number of rotatable bonds is 14. The number of benzene rings is 2. The lowest BCUT2D eigenvalue weighted by Gasteiger charge is -2.20. The highest BCUT2D eigenvalue weighted by molar-refractivity contribution is 5.93. The molecule has 0 aliphatic rings. The summed E-state index contributed by atoms with van der Waals surface area (Å²) in [6.07, 6.45) is 2.42.